The topological polar surface area (TPSA) is 24.9 Å². The number of thiazole rings is 1. The molecule has 4 heteroatoms. The van der Waals surface area contributed by atoms with Crippen LogP contribution >= 0.6 is 27.3 Å². The third-order valence-corrected chi connectivity index (χ3v) is 4.65. The molecule has 0 radical (unpaired) electrons. The van der Waals surface area contributed by atoms with Crippen LogP contribution in [0.4, 0.5) is 0 Å². The van der Waals surface area contributed by atoms with Gasteiger partial charge in [0.15, 0.2) is 0 Å². The molecule has 0 bridgehead atoms. The number of nitrogens with zero attached hydrogens (tertiary/aromatic N) is 1. The Hall–Kier alpha value is -0.710. The molecule has 102 valence electrons. The van der Waals surface area contributed by atoms with Crippen LogP contribution < -0.4 is 5.32 Å². The molecule has 0 aliphatic carbocycles. The van der Waals surface area contributed by atoms with Crippen LogP contribution in [0.25, 0.3) is 0 Å². The lowest BCUT2D eigenvalue weighted by molar-refractivity contribution is 0.588. The fourth-order valence-electron chi connectivity index (χ4n) is 2.17. The maximum Gasteiger partial charge on any atom is 0.0897 e. The van der Waals surface area contributed by atoms with Gasteiger partial charge in [-0.15, -0.1) is 11.3 Å². The van der Waals surface area contributed by atoms with E-state index >= 15 is 0 Å². The maximum absolute atomic E-state index is 4.59. The van der Waals surface area contributed by atoms with Crippen LogP contribution in [0.2, 0.25) is 0 Å². The van der Waals surface area contributed by atoms with Crippen molar-refractivity contribution in [3.05, 3.63) is 50.4 Å². The second-order valence-electron chi connectivity index (χ2n) is 4.59. The largest absolute Gasteiger partial charge is 0.316 e. The molecule has 1 unspecified atom stereocenters. The van der Waals surface area contributed by atoms with E-state index in [2.05, 4.69) is 69.7 Å². The summed E-state index contributed by atoms with van der Waals surface area (Å²) < 4.78 is 1.19. The number of hydrogen-bond acceptors (Lipinski definition) is 3. The fraction of sp³-hybridized carbons (Fsp3) is 0.400. The quantitative estimate of drug-likeness (QED) is 0.855. The summed E-state index contributed by atoms with van der Waals surface area (Å²) in [7, 11) is 0. The van der Waals surface area contributed by atoms with Gasteiger partial charge in [0.25, 0.3) is 0 Å². The smallest absolute Gasteiger partial charge is 0.0897 e. The predicted octanol–water partition coefficient (Wildman–Crippen LogP) is 4.15. The molecule has 0 amide bonds. The molecule has 1 N–H and O–H groups in total. The number of aryl methyl sites for hydroxylation is 1. The highest BCUT2D eigenvalue weighted by Gasteiger charge is 2.16. The van der Waals surface area contributed by atoms with E-state index in [9.17, 15) is 0 Å². The molecule has 0 aliphatic heterocycles. The summed E-state index contributed by atoms with van der Waals surface area (Å²) in [6, 6.07) is 8.47. The van der Waals surface area contributed by atoms with Crippen LogP contribution in [-0.4, -0.2) is 18.1 Å². The molecule has 0 saturated heterocycles. The molecule has 0 saturated carbocycles. The first kappa shape index (κ1) is 14.7. The number of nitrogens with one attached hydrogen (secondary N) is 1. The summed E-state index contributed by atoms with van der Waals surface area (Å²) >= 11 is 5.39. The fourth-order valence-corrected chi connectivity index (χ4v) is 3.41. The van der Waals surface area contributed by atoms with Gasteiger partial charge in [0, 0.05) is 22.3 Å². The molecule has 2 aromatic rings. The molecule has 19 heavy (non-hydrogen) atoms. The van der Waals surface area contributed by atoms with E-state index in [0.717, 1.165) is 24.5 Å². The minimum Gasteiger partial charge on any atom is -0.316 e. The van der Waals surface area contributed by atoms with Crippen molar-refractivity contribution in [2.24, 2.45) is 0 Å². The number of aromatic nitrogens is 1. The molecule has 2 nitrogen and oxygen atoms in total. The minimum atomic E-state index is 0.456. The molecule has 0 aliphatic rings. The lowest BCUT2D eigenvalue weighted by atomic mass is 9.94. The Bertz CT molecular complexity index is 524. The van der Waals surface area contributed by atoms with Gasteiger partial charge in [-0.05, 0) is 31.5 Å². The third kappa shape index (κ3) is 4.13. The van der Waals surface area contributed by atoms with Crippen molar-refractivity contribution in [3.8, 4) is 0 Å². The van der Waals surface area contributed by atoms with E-state index in [0.29, 0.717) is 5.92 Å². The van der Waals surface area contributed by atoms with Crippen LogP contribution in [0.15, 0.2) is 34.1 Å². The van der Waals surface area contributed by atoms with E-state index in [1.165, 1.54) is 15.7 Å². The Balaban J connectivity index is 2.18. The summed E-state index contributed by atoms with van der Waals surface area (Å²) in [6.45, 7) is 6.18. The van der Waals surface area contributed by atoms with Crippen molar-refractivity contribution < 1.29 is 0 Å². The Labute approximate surface area is 127 Å². The molecular formula is C15H19BrN2S. The van der Waals surface area contributed by atoms with Crippen molar-refractivity contribution in [2.75, 3.05) is 13.1 Å². The van der Waals surface area contributed by atoms with Crippen molar-refractivity contribution in [1.82, 2.24) is 10.3 Å². The highest BCUT2D eigenvalue weighted by Crippen LogP contribution is 2.27. The number of benzene rings is 1. The van der Waals surface area contributed by atoms with Crippen LogP contribution in [0.5, 0.6) is 0 Å². The zero-order chi connectivity index (χ0) is 13.7. The first-order valence-corrected chi connectivity index (χ1v) is 8.24. The normalized spacial score (nSPS) is 12.6. The lowest BCUT2D eigenvalue weighted by Gasteiger charge is -2.18. The highest BCUT2D eigenvalue weighted by atomic mass is 79.9. The predicted molar refractivity (Wildman–Crippen MR) is 86.0 cm³/mol. The molecule has 0 fully saturated rings. The Morgan fingerprint density at radius 1 is 1.37 bits per heavy atom. The van der Waals surface area contributed by atoms with E-state index in [-0.39, 0.29) is 0 Å². The van der Waals surface area contributed by atoms with Gasteiger partial charge < -0.3 is 5.32 Å². The third-order valence-electron chi connectivity index (χ3n) is 3.11. The Morgan fingerprint density at radius 3 is 2.79 bits per heavy atom. The molecule has 1 aromatic heterocycles. The van der Waals surface area contributed by atoms with Gasteiger partial charge in [-0.3, -0.25) is 0 Å². The van der Waals surface area contributed by atoms with Crippen LogP contribution in [0.1, 0.15) is 29.1 Å². The molecule has 1 heterocycles. The van der Waals surface area contributed by atoms with E-state index in [1.807, 2.05) is 0 Å². The van der Waals surface area contributed by atoms with E-state index in [4.69, 9.17) is 0 Å². The first-order chi connectivity index (χ1) is 9.20. The monoisotopic (exact) mass is 338 g/mol. The van der Waals surface area contributed by atoms with Gasteiger partial charge in [-0.2, -0.15) is 0 Å². The van der Waals surface area contributed by atoms with Crippen LogP contribution in [0, 0.1) is 6.92 Å². The number of rotatable bonds is 6. The second kappa shape index (κ2) is 7.17. The first-order valence-electron chi connectivity index (χ1n) is 6.56. The Morgan fingerprint density at radius 2 is 2.16 bits per heavy atom. The van der Waals surface area contributed by atoms with E-state index in [1.54, 1.807) is 11.3 Å². The van der Waals surface area contributed by atoms with Crippen molar-refractivity contribution in [2.45, 2.75) is 26.2 Å². The zero-order valence-electron chi connectivity index (χ0n) is 11.3. The van der Waals surface area contributed by atoms with E-state index < -0.39 is 0 Å². The van der Waals surface area contributed by atoms with Gasteiger partial charge in [0.05, 0.1) is 10.7 Å². The standard InChI is InChI=1S/C15H19BrN2S/c1-3-17-9-12(8-13-10-19-11(2)18-13)14-6-4-5-7-15(14)16/h4-7,10,12,17H,3,8-9H2,1-2H3. The van der Waals surface area contributed by atoms with Crippen molar-refractivity contribution in [1.29, 1.82) is 0 Å². The maximum atomic E-state index is 4.59. The molecule has 1 aromatic carbocycles. The summed E-state index contributed by atoms with van der Waals surface area (Å²) in [4.78, 5) is 4.59. The molecular weight excluding hydrogens is 320 g/mol. The molecule has 2 rings (SSSR count). The van der Waals surface area contributed by atoms with Gasteiger partial charge >= 0.3 is 0 Å². The number of likely N-dealkylation sites (N-methyl/N-ethyl adjacent to an activating group) is 1. The summed E-state index contributed by atoms with van der Waals surface area (Å²) in [5.74, 6) is 0.456. The number of hydrogen-bond donors (Lipinski definition) is 1. The average Bonchev–Trinajstić information content (AvgIpc) is 2.81. The Kier molecular flexibility index (Phi) is 5.55. The van der Waals surface area contributed by atoms with Crippen LogP contribution in [-0.2, 0) is 6.42 Å². The minimum absolute atomic E-state index is 0.456. The van der Waals surface area contributed by atoms with Gasteiger partial charge in [0.2, 0.25) is 0 Å². The van der Waals surface area contributed by atoms with Crippen molar-refractivity contribution >= 4 is 27.3 Å². The SMILES string of the molecule is CCNCC(Cc1csc(C)n1)c1ccccc1Br. The van der Waals surface area contributed by atoms with Crippen molar-refractivity contribution in [3.63, 3.8) is 0 Å². The summed E-state index contributed by atoms with van der Waals surface area (Å²) in [6.07, 6.45) is 0.986. The summed E-state index contributed by atoms with van der Waals surface area (Å²) in [5, 5.41) is 6.77. The summed E-state index contributed by atoms with van der Waals surface area (Å²) in [5.41, 5.74) is 2.55. The second-order valence-corrected chi connectivity index (χ2v) is 6.50. The van der Waals surface area contributed by atoms with Gasteiger partial charge in [-0.25, -0.2) is 4.98 Å². The highest BCUT2D eigenvalue weighted by molar-refractivity contribution is 9.10. The molecule has 0 spiro atoms. The number of halogens is 1. The van der Waals surface area contributed by atoms with Gasteiger partial charge in [0.1, 0.15) is 0 Å². The molecule has 1 atom stereocenters. The van der Waals surface area contributed by atoms with Crippen LogP contribution in [0.3, 0.4) is 0 Å². The zero-order valence-corrected chi connectivity index (χ0v) is 13.7. The lowest BCUT2D eigenvalue weighted by Crippen LogP contribution is -2.23. The average molecular weight is 339 g/mol. The van der Waals surface area contributed by atoms with Gasteiger partial charge in [-0.1, -0.05) is 41.1 Å².